The first-order valence-corrected chi connectivity index (χ1v) is 11.0. The summed E-state index contributed by atoms with van der Waals surface area (Å²) < 4.78 is 1.95. The maximum atomic E-state index is 4.78. The fraction of sp³-hybridized carbons (Fsp3) is 0.400. The lowest BCUT2D eigenvalue weighted by atomic mass is 9.92. The van der Waals surface area contributed by atoms with E-state index >= 15 is 0 Å². The maximum absolute atomic E-state index is 4.78. The van der Waals surface area contributed by atoms with Crippen LogP contribution in [0, 0.1) is 18.8 Å². The average Bonchev–Trinajstić information content (AvgIpc) is 3.26. The van der Waals surface area contributed by atoms with Gasteiger partial charge in [0, 0.05) is 48.6 Å². The van der Waals surface area contributed by atoms with E-state index < -0.39 is 0 Å². The minimum atomic E-state index is 0.302. The molecule has 1 aromatic carbocycles. The summed E-state index contributed by atoms with van der Waals surface area (Å²) >= 11 is 0. The van der Waals surface area contributed by atoms with Crippen LogP contribution in [0.4, 0.5) is 11.6 Å². The van der Waals surface area contributed by atoms with E-state index in [1.165, 1.54) is 11.1 Å². The molecule has 0 saturated heterocycles. The van der Waals surface area contributed by atoms with Gasteiger partial charge < -0.3 is 10.6 Å². The van der Waals surface area contributed by atoms with Gasteiger partial charge in [-0.25, -0.2) is 9.97 Å². The Kier molecular flexibility index (Phi) is 6.34. The molecule has 1 aliphatic rings. The van der Waals surface area contributed by atoms with Crippen LogP contribution in [-0.2, 0) is 6.42 Å². The molecule has 0 spiro atoms. The second-order valence-electron chi connectivity index (χ2n) is 8.23. The lowest BCUT2D eigenvalue weighted by Crippen LogP contribution is -2.29. The molecular weight excluding hydrogens is 384 g/mol. The molecule has 0 bridgehead atoms. The summed E-state index contributed by atoms with van der Waals surface area (Å²) in [5.74, 6) is 7.05. The van der Waals surface area contributed by atoms with E-state index in [1.807, 2.05) is 30.2 Å². The Hall–Kier alpha value is -3.17. The first-order valence-electron chi connectivity index (χ1n) is 11.0. The van der Waals surface area contributed by atoms with Crippen molar-refractivity contribution < 1.29 is 0 Å². The Bertz CT molecular complexity index is 1120. The van der Waals surface area contributed by atoms with Crippen molar-refractivity contribution in [1.29, 1.82) is 0 Å². The fourth-order valence-corrected chi connectivity index (χ4v) is 3.88. The van der Waals surface area contributed by atoms with Crippen LogP contribution in [0.25, 0.3) is 11.3 Å². The van der Waals surface area contributed by atoms with Gasteiger partial charge in [0.15, 0.2) is 0 Å². The van der Waals surface area contributed by atoms with Crippen molar-refractivity contribution in [2.45, 2.75) is 59.0 Å². The predicted octanol–water partition coefficient (Wildman–Crippen LogP) is 4.96. The van der Waals surface area contributed by atoms with Crippen LogP contribution in [-0.4, -0.2) is 26.3 Å². The fourth-order valence-electron chi connectivity index (χ4n) is 3.88. The van der Waals surface area contributed by atoms with Crippen molar-refractivity contribution in [3.63, 3.8) is 0 Å². The highest BCUT2D eigenvalue weighted by atomic mass is 15.3. The van der Waals surface area contributed by atoms with E-state index in [9.17, 15) is 0 Å². The van der Waals surface area contributed by atoms with Crippen LogP contribution in [0.3, 0.4) is 0 Å². The zero-order valence-electron chi connectivity index (χ0n) is 18.7. The summed E-state index contributed by atoms with van der Waals surface area (Å²) in [5.41, 5.74) is 6.64. The third kappa shape index (κ3) is 4.78. The Labute approximate surface area is 184 Å². The number of nitrogens with zero attached hydrogens (tertiary/aromatic N) is 4. The molecule has 2 aromatic heterocycles. The molecule has 4 rings (SSSR count). The molecular formula is C25H30N6. The molecule has 3 aromatic rings. The number of hydrogen-bond donors (Lipinski definition) is 2. The zero-order chi connectivity index (χ0) is 21.8. The normalized spacial score (nSPS) is 15.3. The van der Waals surface area contributed by atoms with Crippen LogP contribution in [0.1, 0.15) is 62.4 Å². The number of fused-ring (bicyclic) bond motifs is 1. The van der Waals surface area contributed by atoms with E-state index in [0.717, 1.165) is 48.3 Å². The summed E-state index contributed by atoms with van der Waals surface area (Å²) in [4.78, 5) is 9.28. The topological polar surface area (TPSA) is 67.7 Å². The van der Waals surface area contributed by atoms with E-state index in [4.69, 9.17) is 4.98 Å². The molecule has 31 heavy (non-hydrogen) atoms. The first kappa shape index (κ1) is 21.1. The third-order valence-electron chi connectivity index (χ3n) is 5.54. The van der Waals surface area contributed by atoms with E-state index in [0.29, 0.717) is 18.0 Å². The van der Waals surface area contributed by atoms with Gasteiger partial charge in [-0.3, -0.25) is 4.68 Å². The van der Waals surface area contributed by atoms with E-state index in [2.05, 4.69) is 71.5 Å². The molecule has 6 nitrogen and oxygen atoms in total. The number of aryl methyl sites for hydroxylation is 1. The molecule has 0 fully saturated rings. The Morgan fingerprint density at radius 1 is 1.26 bits per heavy atom. The molecule has 3 heterocycles. The number of hydrogen-bond acceptors (Lipinski definition) is 5. The highest BCUT2D eigenvalue weighted by Gasteiger charge is 2.19. The Balaban J connectivity index is 1.55. The van der Waals surface area contributed by atoms with Crippen LogP contribution >= 0.6 is 0 Å². The van der Waals surface area contributed by atoms with Crippen molar-refractivity contribution in [2.24, 2.45) is 0 Å². The van der Waals surface area contributed by atoms with Crippen LogP contribution in [0.2, 0.25) is 0 Å². The molecule has 160 valence electrons. The minimum absolute atomic E-state index is 0.302. The van der Waals surface area contributed by atoms with Crippen molar-refractivity contribution >= 4 is 11.6 Å². The summed E-state index contributed by atoms with van der Waals surface area (Å²) in [6.45, 7) is 9.31. The van der Waals surface area contributed by atoms with Gasteiger partial charge in [-0.05, 0) is 62.6 Å². The van der Waals surface area contributed by atoms with Crippen molar-refractivity contribution in [1.82, 2.24) is 25.1 Å². The van der Waals surface area contributed by atoms with Crippen molar-refractivity contribution in [3.05, 3.63) is 53.5 Å². The highest BCUT2D eigenvalue weighted by Crippen LogP contribution is 2.29. The first-order chi connectivity index (χ1) is 15.0. The van der Waals surface area contributed by atoms with Gasteiger partial charge in [0.05, 0.1) is 11.9 Å². The summed E-state index contributed by atoms with van der Waals surface area (Å²) in [5, 5.41) is 11.4. The lowest BCUT2D eigenvalue weighted by molar-refractivity contribution is 0.515. The molecule has 1 unspecified atom stereocenters. The number of rotatable bonds is 5. The largest absolute Gasteiger partial charge is 0.324 e. The maximum Gasteiger partial charge on any atom is 0.227 e. The summed E-state index contributed by atoms with van der Waals surface area (Å²) in [6, 6.07) is 7.14. The highest BCUT2D eigenvalue weighted by molar-refractivity contribution is 5.64. The molecule has 0 aliphatic carbocycles. The molecule has 2 N–H and O–H groups in total. The van der Waals surface area contributed by atoms with Crippen molar-refractivity contribution in [3.8, 4) is 23.1 Å². The minimum Gasteiger partial charge on any atom is -0.324 e. The number of benzene rings is 1. The SMILES string of the molecule is CCC#CCC1NCCc2cc(Nc3ncc(C)c(-c4cnn(C(C)C)c4)n3)ccc21. The van der Waals surface area contributed by atoms with Gasteiger partial charge in [0.2, 0.25) is 5.95 Å². The van der Waals surface area contributed by atoms with Crippen LogP contribution < -0.4 is 10.6 Å². The summed E-state index contributed by atoms with van der Waals surface area (Å²) in [7, 11) is 0. The monoisotopic (exact) mass is 414 g/mol. The van der Waals surface area contributed by atoms with Gasteiger partial charge in [0.25, 0.3) is 0 Å². The smallest absolute Gasteiger partial charge is 0.227 e. The molecule has 1 atom stereocenters. The summed E-state index contributed by atoms with van der Waals surface area (Å²) in [6.07, 6.45) is 8.53. The number of aromatic nitrogens is 4. The lowest BCUT2D eigenvalue weighted by Gasteiger charge is -2.26. The van der Waals surface area contributed by atoms with E-state index in [-0.39, 0.29) is 0 Å². The predicted molar refractivity (Wildman–Crippen MR) is 125 cm³/mol. The molecule has 0 saturated carbocycles. The van der Waals surface area contributed by atoms with Crippen LogP contribution in [0.15, 0.2) is 36.8 Å². The van der Waals surface area contributed by atoms with Gasteiger partial charge in [-0.1, -0.05) is 13.0 Å². The third-order valence-corrected chi connectivity index (χ3v) is 5.54. The second-order valence-corrected chi connectivity index (χ2v) is 8.23. The van der Waals surface area contributed by atoms with Gasteiger partial charge in [-0.2, -0.15) is 5.10 Å². The Morgan fingerprint density at radius 2 is 2.13 bits per heavy atom. The molecule has 0 radical (unpaired) electrons. The molecule has 0 amide bonds. The Morgan fingerprint density at radius 3 is 2.90 bits per heavy atom. The number of anilines is 2. The van der Waals surface area contributed by atoms with E-state index in [1.54, 1.807) is 0 Å². The van der Waals surface area contributed by atoms with Crippen molar-refractivity contribution in [2.75, 3.05) is 11.9 Å². The second kappa shape index (κ2) is 9.32. The molecule has 6 heteroatoms. The van der Waals surface area contributed by atoms with Crippen LogP contribution in [0.5, 0.6) is 0 Å². The standard InChI is InChI=1S/C25H30N6/c1-5-6-7-8-23-22-10-9-21(13-19(22)11-12-26-23)29-25-27-14-18(4)24(30-25)20-15-28-31(16-20)17(2)3/h9-10,13-17,23,26H,5,8,11-12H2,1-4H3,(H,27,29,30). The quantitative estimate of drug-likeness (QED) is 0.578. The van der Waals surface area contributed by atoms with Gasteiger partial charge >= 0.3 is 0 Å². The van der Waals surface area contributed by atoms with Gasteiger partial charge in [-0.15, -0.1) is 11.8 Å². The zero-order valence-corrected chi connectivity index (χ0v) is 18.7. The molecule has 1 aliphatic heterocycles. The number of nitrogens with one attached hydrogen (secondary N) is 2. The average molecular weight is 415 g/mol. The van der Waals surface area contributed by atoms with Gasteiger partial charge in [0.1, 0.15) is 0 Å².